The van der Waals surface area contributed by atoms with Crippen molar-refractivity contribution in [2.24, 2.45) is 0 Å². The van der Waals surface area contributed by atoms with Gasteiger partial charge >= 0.3 is 0 Å². The molecule has 4 nitrogen and oxygen atoms in total. The summed E-state index contributed by atoms with van der Waals surface area (Å²) in [5.74, 6) is -0.0359. The number of amides is 1. The quantitative estimate of drug-likeness (QED) is 0.823. The van der Waals surface area contributed by atoms with Gasteiger partial charge in [-0.05, 0) is 30.7 Å². The van der Waals surface area contributed by atoms with Crippen molar-refractivity contribution in [2.75, 3.05) is 25.5 Å². The van der Waals surface area contributed by atoms with Gasteiger partial charge in [-0.25, -0.2) is 0 Å². The zero-order valence-electron chi connectivity index (χ0n) is 9.74. The highest BCUT2D eigenvalue weighted by atomic mass is 16.1. The van der Waals surface area contributed by atoms with E-state index in [0.29, 0.717) is 12.1 Å². The number of nitrogens with zero attached hydrogens (tertiary/aromatic N) is 2. The summed E-state index contributed by atoms with van der Waals surface area (Å²) >= 11 is 0. The summed E-state index contributed by atoms with van der Waals surface area (Å²) in [6, 6.07) is 7.51. The number of nitriles is 1. The first-order chi connectivity index (χ1) is 7.58. The molecule has 84 valence electrons. The average molecular weight is 217 g/mol. The van der Waals surface area contributed by atoms with Gasteiger partial charge in [0, 0.05) is 19.8 Å². The summed E-state index contributed by atoms with van der Waals surface area (Å²) in [6.45, 7) is 2.24. The van der Waals surface area contributed by atoms with E-state index in [1.807, 2.05) is 31.0 Å². The lowest BCUT2D eigenvalue weighted by molar-refractivity contribution is -0.119. The van der Waals surface area contributed by atoms with Crippen molar-refractivity contribution in [3.8, 4) is 6.07 Å². The number of hydrogen-bond acceptors (Lipinski definition) is 3. The molecule has 0 unspecified atom stereocenters. The van der Waals surface area contributed by atoms with Crippen LogP contribution in [0.15, 0.2) is 18.2 Å². The lowest BCUT2D eigenvalue weighted by Crippen LogP contribution is -2.33. The minimum absolute atomic E-state index is 0.0359. The molecule has 0 bridgehead atoms. The van der Waals surface area contributed by atoms with E-state index >= 15 is 0 Å². The molecular weight excluding hydrogens is 202 g/mol. The number of aryl methyl sites for hydroxylation is 1. The fourth-order valence-corrected chi connectivity index (χ4v) is 1.53. The number of benzene rings is 1. The monoisotopic (exact) mass is 217 g/mol. The largest absolute Gasteiger partial charge is 0.365 e. The second kappa shape index (κ2) is 5.17. The fourth-order valence-electron chi connectivity index (χ4n) is 1.53. The zero-order chi connectivity index (χ0) is 12.1. The normalized spacial score (nSPS) is 9.38. The molecule has 0 aliphatic carbocycles. The maximum absolute atomic E-state index is 11.2. The van der Waals surface area contributed by atoms with Gasteiger partial charge in [0.25, 0.3) is 0 Å². The summed E-state index contributed by atoms with van der Waals surface area (Å²) in [5, 5.41) is 11.3. The third-order valence-corrected chi connectivity index (χ3v) is 2.40. The molecule has 1 rings (SSSR count). The Labute approximate surface area is 95.5 Å². The molecule has 4 heteroatoms. The van der Waals surface area contributed by atoms with Crippen molar-refractivity contribution < 1.29 is 4.79 Å². The highest BCUT2D eigenvalue weighted by Crippen LogP contribution is 2.19. The summed E-state index contributed by atoms with van der Waals surface area (Å²) in [4.78, 5) is 13.1. The molecule has 1 aromatic rings. The number of carbonyl (C=O) groups is 1. The number of nitrogens with one attached hydrogen (secondary N) is 1. The highest BCUT2D eigenvalue weighted by molar-refractivity contribution is 5.81. The number of likely N-dealkylation sites (N-methyl/N-ethyl adjacent to an activating group) is 2. The van der Waals surface area contributed by atoms with Gasteiger partial charge in [0.15, 0.2) is 0 Å². The van der Waals surface area contributed by atoms with Gasteiger partial charge in [-0.15, -0.1) is 0 Å². The van der Waals surface area contributed by atoms with Crippen LogP contribution in [-0.4, -0.2) is 26.5 Å². The number of hydrogen-bond donors (Lipinski definition) is 1. The van der Waals surface area contributed by atoms with E-state index in [2.05, 4.69) is 11.4 Å². The third-order valence-electron chi connectivity index (χ3n) is 2.40. The van der Waals surface area contributed by atoms with Crippen LogP contribution >= 0.6 is 0 Å². The maximum atomic E-state index is 11.2. The first-order valence-electron chi connectivity index (χ1n) is 5.01. The third kappa shape index (κ3) is 2.74. The van der Waals surface area contributed by atoms with Crippen LogP contribution in [-0.2, 0) is 4.79 Å². The van der Waals surface area contributed by atoms with E-state index in [0.717, 1.165) is 11.3 Å². The van der Waals surface area contributed by atoms with E-state index in [1.54, 1.807) is 13.1 Å². The van der Waals surface area contributed by atoms with Crippen molar-refractivity contribution in [3.05, 3.63) is 29.3 Å². The molecule has 1 amide bonds. The molecule has 16 heavy (non-hydrogen) atoms. The van der Waals surface area contributed by atoms with Crippen molar-refractivity contribution in [3.63, 3.8) is 0 Å². The van der Waals surface area contributed by atoms with Crippen molar-refractivity contribution in [1.82, 2.24) is 5.32 Å². The van der Waals surface area contributed by atoms with Gasteiger partial charge in [0.1, 0.15) is 0 Å². The van der Waals surface area contributed by atoms with Gasteiger partial charge < -0.3 is 10.2 Å². The fraction of sp³-hybridized carbons (Fsp3) is 0.333. The minimum atomic E-state index is -0.0359. The molecule has 0 aromatic heterocycles. The summed E-state index contributed by atoms with van der Waals surface area (Å²) in [7, 11) is 3.46. The molecule has 1 N–H and O–H groups in total. The first-order valence-corrected chi connectivity index (χ1v) is 5.01. The minimum Gasteiger partial charge on any atom is -0.365 e. The van der Waals surface area contributed by atoms with Gasteiger partial charge in [-0.2, -0.15) is 5.26 Å². The van der Waals surface area contributed by atoms with Gasteiger partial charge in [0.2, 0.25) is 5.91 Å². The van der Waals surface area contributed by atoms with Crippen LogP contribution in [0.25, 0.3) is 0 Å². The van der Waals surface area contributed by atoms with Crippen LogP contribution in [0.2, 0.25) is 0 Å². The molecule has 0 spiro atoms. The van der Waals surface area contributed by atoms with Gasteiger partial charge in [-0.1, -0.05) is 0 Å². The predicted molar refractivity (Wildman–Crippen MR) is 63.2 cm³/mol. The molecule has 0 saturated heterocycles. The van der Waals surface area contributed by atoms with E-state index in [-0.39, 0.29) is 5.91 Å². The van der Waals surface area contributed by atoms with E-state index < -0.39 is 0 Å². The molecule has 0 saturated carbocycles. The Morgan fingerprint density at radius 2 is 2.25 bits per heavy atom. The second-order valence-electron chi connectivity index (χ2n) is 3.64. The lowest BCUT2D eigenvalue weighted by atomic mass is 10.1. The average Bonchev–Trinajstić information content (AvgIpc) is 2.28. The molecule has 0 aliphatic heterocycles. The standard InChI is InChI=1S/C12H15N3O/c1-9-6-10(7-13)4-5-11(9)15(3)8-12(16)14-2/h4-6H,8H2,1-3H3,(H,14,16). The van der Waals surface area contributed by atoms with Crippen LogP contribution < -0.4 is 10.2 Å². The molecule has 0 radical (unpaired) electrons. The topological polar surface area (TPSA) is 56.1 Å². The summed E-state index contributed by atoms with van der Waals surface area (Å²) in [6.07, 6.45) is 0. The number of rotatable bonds is 3. The Bertz CT molecular complexity index is 434. The van der Waals surface area contributed by atoms with Crippen molar-refractivity contribution in [1.29, 1.82) is 5.26 Å². The van der Waals surface area contributed by atoms with E-state index in [1.165, 1.54) is 0 Å². The summed E-state index contributed by atoms with van der Waals surface area (Å²) < 4.78 is 0. The van der Waals surface area contributed by atoms with Crippen molar-refractivity contribution in [2.45, 2.75) is 6.92 Å². The van der Waals surface area contributed by atoms with Crippen LogP contribution in [0.4, 0.5) is 5.69 Å². The van der Waals surface area contributed by atoms with Crippen LogP contribution in [0.5, 0.6) is 0 Å². The summed E-state index contributed by atoms with van der Waals surface area (Å²) in [5.41, 5.74) is 2.59. The van der Waals surface area contributed by atoms with Crippen LogP contribution in [0.1, 0.15) is 11.1 Å². The van der Waals surface area contributed by atoms with E-state index in [9.17, 15) is 4.79 Å². The van der Waals surface area contributed by atoms with Crippen LogP contribution in [0.3, 0.4) is 0 Å². The SMILES string of the molecule is CNC(=O)CN(C)c1ccc(C#N)cc1C. The Balaban J connectivity index is 2.88. The number of anilines is 1. The Morgan fingerprint density at radius 1 is 1.56 bits per heavy atom. The maximum Gasteiger partial charge on any atom is 0.239 e. The predicted octanol–water partition coefficient (Wildman–Crippen LogP) is 1.05. The zero-order valence-corrected chi connectivity index (χ0v) is 9.74. The molecule has 0 atom stereocenters. The Morgan fingerprint density at radius 3 is 2.75 bits per heavy atom. The van der Waals surface area contributed by atoms with Gasteiger partial charge in [-0.3, -0.25) is 4.79 Å². The molecule has 0 fully saturated rings. The van der Waals surface area contributed by atoms with Gasteiger partial charge in [0.05, 0.1) is 18.2 Å². The van der Waals surface area contributed by atoms with Crippen molar-refractivity contribution >= 4 is 11.6 Å². The highest BCUT2D eigenvalue weighted by Gasteiger charge is 2.08. The molecule has 0 aliphatic rings. The Hall–Kier alpha value is -2.02. The molecule has 0 heterocycles. The number of carbonyl (C=O) groups excluding carboxylic acids is 1. The molecule has 1 aromatic carbocycles. The Kier molecular flexibility index (Phi) is 3.90. The second-order valence-corrected chi connectivity index (χ2v) is 3.64. The van der Waals surface area contributed by atoms with E-state index in [4.69, 9.17) is 5.26 Å². The first kappa shape index (κ1) is 12.1. The molecular formula is C12H15N3O. The smallest absolute Gasteiger partial charge is 0.239 e. The lowest BCUT2D eigenvalue weighted by Gasteiger charge is -2.20. The van der Waals surface area contributed by atoms with Crippen LogP contribution in [0, 0.1) is 18.3 Å².